The number of hydrogen-bond donors (Lipinski definition) is 1. The molecule has 0 saturated heterocycles. The molecule has 0 fully saturated rings. The van der Waals surface area contributed by atoms with E-state index < -0.39 is 6.04 Å². The summed E-state index contributed by atoms with van der Waals surface area (Å²) in [6.07, 6.45) is 0.310. The number of aromatic amines is 1. The number of para-hydroxylation sites is 1. The largest absolute Gasteiger partial charge is 0.321 e. The van der Waals surface area contributed by atoms with Crippen LogP contribution in [0.4, 0.5) is 4.39 Å². The lowest BCUT2D eigenvalue weighted by Crippen LogP contribution is -2.24. The van der Waals surface area contributed by atoms with Crippen LogP contribution in [0.2, 0.25) is 0 Å². The lowest BCUT2D eigenvalue weighted by Gasteiger charge is -2.20. The first kappa shape index (κ1) is 19.9. The zero-order chi connectivity index (χ0) is 22.2. The number of H-pyrrole nitrogens is 1. The maximum Gasteiger partial charge on any atom is 0.258 e. The summed E-state index contributed by atoms with van der Waals surface area (Å²) in [5, 5.41) is 6.79. The molecule has 2 heterocycles. The van der Waals surface area contributed by atoms with E-state index in [2.05, 4.69) is 10.1 Å². The number of hydrogen-bond acceptors (Lipinski definition) is 3. The topological polar surface area (TPSA) is 65.5 Å². The highest BCUT2D eigenvalue weighted by Gasteiger charge is 2.34. The second-order valence-electron chi connectivity index (χ2n) is 7.80. The van der Waals surface area contributed by atoms with Crippen molar-refractivity contribution in [1.29, 1.82) is 0 Å². The van der Waals surface area contributed by atoms with Crippen LogP contribution in [0.1, 0.15) is 30.5 Å². The van der Waals surface area contributed by atoms with Crippen molar-refractivity contribution < 1.29 is 9.18 Å². The Labute approximate surface area is 183 Å². The van der Waals surface area contributed by atoms with Crippen LogP contribution in [0, 0.1) is 5.82 Å². The Bertz CT molecular complexity index is 1430. The van der Waals surface area contributed by atoms with Gasteiger partial charge in [-0.05, 0) is 29.3 Å². The summed E-state index contributed by atoms with van der Waals surface area (Å²) in [7, 11) is 0. The zero-order valence-electron chi connectivity index (χ0n) is 17.4. The van der Waals surface area contributed by atoms with Crippen LogP contribution < -0.4 is 5.56 Å². The molecule has 5 nitrogen and oxygen atoms in total. The smallest absolute Gasteiger partial charge is 0.258 e. The first-order valence-corrected chi connectivity index (χ1v) is 10.4. The van der Waals surface area contributed by atoms with Gasteiger partial charge in [0.15, 0.2) is 0 Å². The standard InChI is InChI=1S/C26H20FN3O2/c1-16(31)30-23(18-10-7-11-19(27)14-18)15-22(29-30)25-24(17-8-3-2-4-9-17)20-12-5-6-13-21(20)28-26(25)32/h2-14,23H,15H2,1H3,(H,28,32). The van der Waals surface area contributed by atoms with Gasteiger partial charge in [0.2, 0.25) is 5.91 Å². The molecule has 3 aromatic carbocycles. The number of rotatable bonds is 3. The molecular formula is C26H20FN3O2. The van der Waals surface area contributed by atoms with Crippen LogP contribution in [0.25, 0.3) is 22.0 Å². The molecule has 0 saturated carbocycles. The normalized spacial score (nSPS) is 15.8. The van der Waals surface area contributed by atoms with Crippen molar-refractivity contribution in [3.63, 3.8) is 0 Å². The number of nitrogens with zero attached hydrogens (tertiary/aromatic N) is 2. The number of fused-ring (bicyclic) bond motifs is 1. The zero-order valence-corrected chi connectivity index (χ0v) is 17.4. The van der Waals surface area contributed by atoms with E-state index in [1.807, 2.05) is 54.6 Å². The number of aromatic nitrogens is 1. The van der Waals surface area contributed by atoms with Gasteiger partial charge in [-0.25, -0.2) is 9.40 Å². The van der Waals surface area contributed by atoms with Crippen LogP contribution in [0.5, 0.6) is 0 Å². The van der Waals surface area contributed by atoms with Crippen molar-refractivity contribution in [3.8, 4) is 11.1 Å². The van der Waals surface area contributed by atoms with Crippen molar-refractivity contribution >= 4 is 22.5 Å². The first-order valence-electron chi connectivity index (χ1n) is 10.4. The highest BCUT2D eigenvalue weighted by Crippen LogP contribution is 2.36. The predicted octanol–water partition coefficient (Wildman–Crippen LogP) is 5.03. The van der Waals surface area contributed by atoms with E-state index >= 15 is 0 Å². The van der Waals surface area contributed by atoms with Crippen LogP contribution >= 0.6 is 0 Å². The molecule has 1 N–H and O–H groups in total. The van der Waals surface area contributed by atoms with Crippen LogP contribution in [0.3, 0.4) is 0 Å². The molecule has 0 spiro atoms. The lowest BCUT2D eigenvalue weighted by molar-refractivity contribution is -0.130. The van der Waals surface area contributed by atoms with Crippen molar-refractivity contribution in [3.05, 3.63) is 106 Å². The first-order chi connectivity index (χ1) is 15.5. The lowest BCUT2D eigenvalue weighted by atomic mass is 9.91. The van der Waals surface area contributed by atoms with E-state index in [9.17, 15) is 14.0 Å². The minimum Gasteiger partial charge on any atom is -0.321 e. The number of carbonyl (C=O) groups is 1. The molecule has 1 unspecified atom stereocenters. The number of nitrogens with one attached hydrogen (secondary N) is 1. The molecule has 5 rings (SSSR count). The molecule has 1 aliphatic heterocycles. The summed E-state index contributed by atoms with van der Waals surface area (Å²) in [6, 6.07) is 22.9. The summed E-state index contributed by atoms with van der Waals surface area (Å²) < 4.78 is 13.9. The second-order valence-corrected chi connectivity index (χ2v) is 7.80. The fraction of sp³-hybridized carbons (Fsp3) is 0.115. The van der Waals surface area contributed by atoms with E-state index in [4.69, 9.17) is 0 Å². The summed E-state index contributed by atoms with van der Waals surface area (Å²) in [4.78, 5) is 28.6. The van der Waals surface area contributed by atoms with E-state index in [1.165, 1.54) is 24.1 Å². The molecule has 158 valence electrons. The van der Waals surface area contributed by atoms with E-state index in [0.717, 1.165) is 22.0 Å². The van der Waals surface area contributed by atoms with Gasteiger partial charge in [-0.1, -0.05) is 60.7 Å². The Hall–Kier alpha value is -4.06. The van der Waals surface area contributed by atoms with Crippen LogP contribution in [-0.2, 0) is 4.79 Å². The van der Waals surface area contributed by atoms with Crippen LogP contribution in [0.15, 0.2) is 88.8 Å². The van der Waals surface area contributed by atoms with Crippen molar-refractivity contribution in [2.75, 3.05) is 0 Å². The van der Waals surface area contributed by atoms with Gasteiger partial charge in [-0.15, -0.1) is 0 Å². The molecule has 4 aromatic rings. The predicted molar refractivity (Wildman–Crippen MR) is 123 cm³/mol. The third kappa shape index (κ3) is 3.39. The van der Waals surface area contributed by atoms with E-state index in [-0.39, 0.29) is 17.3 Å². The van der Waals surface area contributed by atoms with Gasteiger partial charge in [0.05, 0.1) is 17.3 Å². The minimum atomic E-state index is -0.479. The molecule has 32 heavy (non-hydrogen) atoms. The Morgan fingerprint density at radius 1 is 1.00 bits per heavy atom. The Kier molecular flexibility index (Phi) is 4.90. The minimum absolute atomic E-state index is 0.271. The molecule has 1 aromatic heterocycles. The average Bonchev–Trinajstić information content (AvgIpc) is 3.24. The summed E-state index contributed by atoms with van der Waals surface area (Å²) >= 11 is 0. The monoisotopic (exact) mass is 425 g/mol. The SMILES string of the molecule is CC(=O)N1N=C(c2c(-c3ccccc3)c3ccccc3[nH]c2=O)CC1c1cccc(F)c1. The second kappa shape index (κ2) is 7.89. The summed E-state index contributed by atoms with van der Waals surface area (Å²) in [5.41, 5.74) is 3.68. The molecule has 0 bridgehead atoms. The molecule has 6 heteroatoms. The summed E-state index contributed by atoms with van der Waals surface area (Å²) in [5.74, 6) is -0.652. The molecular weight excluding hydrogens is 405 g/mol. The fourth-order valence-electron chi connectivity index (χ4n) is 4.35. The van der Waals surface area contributed by atoms with Gasteiger partial charge in [0.1, 0.15) is 5.82 Å². The number of hydrazone groups is 1. The Balaban J connectivity index is 1.73. The molecule has 1 atom stereocenters. The van der Waals surface area contributed by atoms with Gasteiger partial charge in [0.25, 0.3) is 5.56 Å². The molecule has 0 aliphatic carbocycles. The number of amides is 1. The molecule has 1 aliphatic rings. The maximum absolute atomic E-state index is 13.9. The highest BCUT2D eigenvalue weighted by molar-refractivity contribution is 6.12. The van der Waals surface area contributed by atoms with Gasteiger partial charge in [-0.3, -0.25) is 9.59 Å². The molecule has 0 radical (unpaired) electrons. The quantitative estimate of drug-likeness (QED) is 0.500. The number of pyridine rings is 1. The van der Waals surface area contributed by atoms with Crippen molar-refractivity contribution in [1.82, 2.24) is 9.99 Å². The van der Waals surface area contributed by atoms with Crippen LogP contribution in [-0.4, -0.2) is 21.6 Å². The summed E-state index contributed by atoms with van der Waals surface area (Å²) in [6.45, 7) is 1.42. The van der Waals surface area contributed by atoms with E-state index in [1.54, 1.807) is 12.1 Å². The van der Waals surface area contributed by atoms with Gasteiger partial charge >= 0.3 is 0 Å². The number of halogens is 1. The van der Waals surface area contributed by atoms with Gasteiger partial charge in [0, 0.05) is 29.8 Å². The fourth-order valence-corrected chi connectivity index (χ4v) is 4.35. The van der Waals surface area contributed by atoms with Gasteiger partial charge in [-0.2, -0.15) is 5.10 Å². The average molecular weight is 425 g/mol. The third-order valence-electron chi connectivity index (χ3n) is 5.74. The van der Waals surface area contributed by atoms with Crippen molar-refractivity contribution in [2.24, 2.45) is 5.10 Å². The van der Waals surface area contributed by atoms with Gasteiger partial charge < -0.3 is 4.98 Å². The Morgan fingerprint density at radius 2 is 1.75 bits per heavy atom. The third-order valence-corrected chi connectivity index (χ3v) is 5.74. The number of carbonyl (C=O) groups excluding carboxylic acids is 1. The van der Waals surface area contributed by atoms with E-state index in [0.29, 0.717) is 23.3 Å². The Morgan fingerprint density at radius 3 is 2.50 bits per heavy atom. The molecule has 1 amide bonds. The van der Waals surface area contributed by atoms with Crippen molar-refractivity contribution in [2.45, 2.75) is 19.4 Å². The highest BCUT2D eigenvalue weighted by atomic mass is 19.1. The number of benzene rings is 3. The maximum atomic E-state index is 13.9.